The summed E-state index contributed by atoms with van der Waals surface area (Å²) in [7, 11) is 0. The van der Waals surface area contributed by atoms with Crippen LogP contribution in [0, 0.1) is 10.1 Å². The van der Waals surface area contributed by atoms with Gasteiger partial charge in [-0.2, -0.15) is 0 Å². The Kier molecular flexibility index (Phi) is 6.69. The summed E-state index contributed by atoms with van der Waals surface area (Å²) >= 11 is 1.16. The molecule has 2 aromatic carbocycles. The van der Waals surface area contributed by atoms with Gasteiger partial charge < -0.3 is 9.84 Å². The van der Waals surface area contributed by atoms with Gasteiger partial charge in [-0.1, -0.05) is 25.5 Å². The van der Waals surface area contributed by atoms with Crippen LogP contribution in [0.2, 0.25) is 0 Å². The minimum absolute atomic E-state index is 0.125. The largest absolute Gasteiger partial charge is 0.507 e. The normalized spacial score (nSPS) is 17.2. The number of unbranched alkanes of at least 4 members (excludes halogenated alkanes) is 1. The number of benzene rings is 2. The van der Waals surface area contributed by atoms with E-state index in [4.69, 9.17) is 4.74 Å². The summed E-state index contributed by atoms with van der Waals surface area (Å²) < 4.78 is 5.71. The van der Waals surface area contributed by atoms with Crippen molar-refractivity contribution in [3.8, 4) is 5.75 Å². The second-order valence-corrected chi connectivity index (χ2v) is 8.44. The molecule has 3 aromatic rings. The molecule has 1 amide bonds. The second kappa shape index (κ2) is 9.84. The lowest BCUT2D eigenvalue weighted by atomic mass is 9.95. The van der Waals surface area contributed by atoms with Crippen molar-refractivity contribution in [3.63, 3.8) is 0 Å². The molecule has 4 rings (SSSR count). The molecule has 1 unspecified atom stereocenters. The third kappa shape index (κ3) is 4.40. The molecule has 0 aliphatic carbocycles. The molecule has 0 spiro atoms. The number of nitrogens with zero attached hydrogens (tertiary/aromatic N) is 3. The van der Waals surface area contributed by atoms with Gasteiger partial charge in [-0.3, -0.25) is 24.6 Å². The van der Waals surface area contributed by atoms with E-state index in [1.54, 1.807) is 29.6 Å². The van der Waals surface area contributed by atoms with E-state index in [9.17, 15) is 24.8 Å². The number of ketones is 1. The first kappa shape index (κ1) is 23.1. The molecular weight excluding hydrogens is 458 g/mol. The molecule has 10 heteroatoms. The number of aromatic nitrogens is 1. The van der Waals surface area contributed by atoms with Crippen LogP contribution in [0.25, 0.3) is 5.76 Å². The number of rotatable bonds is 8. The van der Waals surface area contributed by atoms with Crippen LogP contribution >= 0.6 is 11.3 Å². The Balaban J connectivity index is 1.82. The van der Waals surface area contributed by atoms with Crippen molar-refractivity contribution in [1.82, 2.24) is 4.98 Å². The number of nitro groups is 1. The van der Waals surface area contributed by atoms with Gasteiger partial charge in [0.05, 0.1) is 23.1 Å². The van der Waals surface area contributed by atoms with Crippen molar-refractivity contribution >= 4 is 39.6 Å². The van der Waals surface area contributed by atoms with Gasteiger partial charge in [0.25, 0.3) is 11.5 Å². The number of non-ortho nitro benzene ring substituents is 1. The number of ether oxygens (including phenoxy) is 1. The quantitative estimate of drug-likeness (QED) is 0.122. The number of nitro benzene ring substituents is 1. The molecule has 0 saturated carbocycles. The van der Waals surface area contributed by atoms with Crippen LogP contribution in [0.1, 0.15) is 36.9 Å². The maximum Gasteiger partial charge on any atom is 0.301 e. The van der Waals surface area contributed by atoms with E-state index in [1.807, 2.05) is 6.92 Å². The molecule has 1 atom stereocenters. The van der Waals surface area contributed by atoms with Gasteiger partial charge in [-0.25, -0.2) is 4.98 Å². The third-order valence-corrected chi connectivity index (χ3v) is 6.13. The minimum Gasteiger partial charge on any atom is -0.507 e. The molecule has 1 aromatic heterocycles. The van der Waals surface area contributed by atoms with Crippen molar-refractivity contribution in [1.29, 1.82) is 0 Å². The maximum atomic E-state index is 13.1. The Labute approximate surface area is 199 Å². The van der Waals surface area contributed by atoms with Crippen LogP contribution in [-0.4, -0.2) is 33.3 Å². The lowest BCUT2D eigenvalue weighted by molar-refractivity contribution is -0.384. The first-order valence-corrected chi connectivity index (χ1v) is 11.5. The molecule has 0 bridgehead atoms. The van der Waals surface area contributed by atoms with Crippen molar-refractivity contribution in [2.75, 3.05) is 11.5 Å². The number of carbonyl (C=O) groups excluding carboxylic acids is 2. The molecule has 174 valence electrons. The van der Waals surface area contributed by atoms with Crippen LogP contribution in [0.15, 0.2) is 65.7 Å². The molecule has 2 heterocycles. The molecular formula is C24H21N3O6S. The highest BCUT2D eigenvalue weighted by atomic mass is 32.1. The van der Waals surface area contributed by atoms with Crippen LogP contribution < -0.4 is 9.64 Å². The van der Waals surface area contributed by atoms with E-state index in [0.717, 1.165) is 24.2 Å². The SMILES string of the molecule is CCCCOc1cccc(/C(O)=C2\C(=O)C(=O)N(c3nccs3)C2c2ccc([N+](=O)[O-])cc2)c1. The van der Waals surface area contributed by atoms with Crippen molar-refractivity contribution < 1.29 is 24.4 Å². The number of hydrogen-bond acceptors (Lipinski definition) is 8. The molecule has 1 aliphatic heterocycles. The average Bonchev–Trinajstić information content (AvgIpc) is 3.46. The first-order chi connectivity index (χ1) is 16.4. The number of aliphatic hydroxyl groups excluding tert-OH is 1. The predicted molar refractivity (Wildman–Crippen MR) is 127 cm³/mol. The zero-order chi connectivity index (χ0) is 24.2. The highest BCUT2D eigenvalue weighted by Crippen LogP contribution is 2.43. The molecule has 34 heavy (non-hydrogen) atoms. The third-order valence-electron chi connectivity index (χ3n) is 5.36. The van der Waals surface area contributed by atoms with Crippen LogP contribution in [0.5, 0.6) is 5.75 Å². The van der Waals surface area contributed by atoms with Gasteiger partial charge in [-0.05, 0) is 36.2 Å². The Bertz CT molecular complexity index is 1250. The Morgan fingerprint density at radius 1 is 1.24 bits per heavy atom. The fourth-order valence-corrected chi connectivity index (χ4v) is 4.35. The van der Waals surface area contributed by atoms with Crippen LogP contribution in [0.3, 0.4) is 0 Å². The van der Waals surface area contributed by atoms with Gasteiger partial charge in [-0.15, -0.1) is 11.3 Å². The van der Waals surface area contributed by atoms with Gasteiger partial charge in [0, 0.05) is 29.3 Å². The zero-order valence-electron chi connectivity index (χ0n) is 18.2. The number of hydrogen-bond donors (Lipinski definition) is 1. The summed E-state index contributed by atoms with van der Waals surface area (Å²) in [6.07, 6.45) is 3.34. The maximum absolute atomic E-state index is 13.1. The summed E-state index contributed by atoms with van der Waals surface area (Å²) in [5.74, 6) is -1.54. The number of thiazole rings is 1. The van der Waals surface area contributed by atoms with Crippen molar-refractivity contribution in [3.05, 3.63) is 86.9 Å². The smallest absolute Gasteiger partial charge is 0.301 e. The van der Waals surface area contributed by atoms with E-state index in [-0.39, 0.29) is 22.2 Å². The lowest BCUT2D eigenvalue weighted by Gasteiger charge is -2.22. The van der Waals surface area contributed by atoms with E-state index in [1.165, 1.54) is 35.4 Å². The standard InChI is InChI=1S/C24H21N3O6S/c1-2-3-12-33-18-6-4-5-16(14-18)21(28)19-20(15-7-9-17(10-8-15)27(31)32)26(23(30)22(19)29)24-25-11-13-34-24/h4-11,13-14,20,28H,2-3,12H2,1H3/b21-19+. The summed E-state index contributed by atoms with van der Waals surface area (Å²) in [6, 6.07) is 11.2. The van der Waals surface area contributed by atoms with Crippen molar-refractivity contribution in [2.45, 2.75) is 25.8 Å². The average molecular weight is 480 g/mol. The number of aliphatic hydroxyl groups is 1. The Morgan fingerprint density at radius 2 is 2.00 bits per heavy atom. The lowest BCUT2D eigenvalue weighted by Crippen LogP contribution is -2.29. The van der Waals surface area contributed by atoms with Crippen LogP contribution in [0.4, 0.5) is 10.8 Å². The van der Waals surface area contributed by atoms with E-state index < -0.39 is 22.7 Å². The summed E-state index contributed by atoms with van der Waals surface area (Å²) in [5, 5.41) is 24.2. The fraction of sp³-hybridized carbons (Fsp3) is 0.208. The predicted octanol–water partition coefficient (Wildman–Crippen LogP) is 4.86. The Hall–Kier alpha value is -4.05. The molecule has 1 N–H and O–H groups in total. The second-order valence-electron chi connectivity index (χ2n) is 7.56. The number of carbonyl (C=O) groups is 2. The highest BCUT2D eigenvalue weighted by molar-refractivity contribution is 7.14. The van der Waals surface area contributed by atoms with Crippen LogP contribution in [-0.2, 0) is 9.59 Å². The zero-order valence-corrected chi connectivity index (χ0v) is 19.0. The van der Waals surface area contributed by atoms with Gasteiger partial charge >= 0.3 is 5.91 Å². The first-order valence-electron chi connectivity index (χ1n) is 10.6. The molecule has 1 aliphatic rings. The van der Waals surface area contributed by atoms with Gasteiger partial charge in [0.2, 0.25) is 0 Å². The van der Waals surface area contributed by atoms with E-state index in [0.29, 0.717) is 23.5 Å². The van der Waals surface area contributed by atoms with Gasteiger partial charge in [0.1, 0.15) is 11.5 Å². The summed E-state index contributed by atoms with van der Waals surface area (Å²) in [5.41, 5.74) is 0.488. The highest BCUT2D eigenvalue weighted by Gasteiger charge is 2.48. The fourth-order valence-electron chi connectivity index (χ4n) is 3.68. The number of anilines is 1. The van der Waals surface area contributed by atoms with E-state index in [2.05, 4.69) is 4.98 Å². The van der Waals surface area contributed by atoms with Gasteiger partial charge in [0.15, 0.2) is 5.13 Å². The summed E-state index contributed by atoms with van der Waals surface area (Å²) in [4.78, 5) is 42.1. The molecule has 1 fully saturated rings. The molecule has 0 radical (unpaired) electrons. The number of Topliss-reactive ketones (excluding diaryl/α,β-unsaturated/α-hetero) is 1. The van der Waals surface area contributed by atoms with Crippen molar-refractivity contribution in [2.24, 2.45) is 0 Å². The molecule has 9 nitrogen and oxygen atoms in total. The van der Waals surface area contributed by atoms with E-state index >= 15 is 0 Å². The minimum atomic E-state index is -1.00. The topological polar surface area (TPSA) is 123 Å². The summed E-state index contributed by atoms with van der Waals surface area (Å²) in [6.45, 7) is 2.56. The molecule has 1 saturated heterocycles. The monoisotopic (exact) mass is 479 g/mol. The number of amides is 1. The Morgan fingerprint density at radius 3 is 2.65 bits per heavy atom.